The zero-order valence-electron chi connectivity index (χ0n) is 11.7. The first-order valence-electron chi connectivity index (χ1n) is 6.42. The van der Waals surface area contributed by atoms with Crippen molar-refractivity contribution in [2.75, 3.05) is 42.3 Å². The molecule has 7 heteroatoms. The summed E-state index contributed by atoms with van der Waals surface area (Å²) in [4.78, 5) is 18.9. The summed E-state index contributed by atoms with van der Waals surface area (Å²) in [6.07, 6.45) is 3.02. The van der Waals surface area contributed by atoms with Gasteiger partial charge in [0.25, 0.3) is 5.91 Å². The lowest BCUT2D eigenvalue weighted by Crippen LogP contribution is -2.24. The van der Waals surface area contributed by atoms with Crippen molar-refractivity contribution in [2.24, 2.45) is 0 Å². The summed E-state index contributed by atoms with van der Waals surface area (Å²) in [7, 11) is 0. The second kappa shape index (κ2) is 8.27. The van der Waals surface area contributed by atoms with Gasteiger partial charge in [-0.1, -0.05) is 11.3 Å². The van der Waals surface area contributed by atoms with Crippen LogP contribution < -0.4 is 16.0 Å². The zero-order valence-corrected chi connectivity index (χ0v) is 13.4. The highest BCUT2D eigenvalue weighted by atomic mass is 32.2. The lowest BCUT2D eigenvalue weighted by atomic mass is 10.4. The van der Waals surface area contributed by atoms with Gasteiger partial charge < -0.3 is 16.0 Å². The van der Waals surface area contributed by atoms with E-state index in [9.17, 15) is 4.79 Å². The highest BCUT2D eigenvalue weighted by Crippen LogP contribution is 2.27. The largest absolute Gasteiger partial charge is 0.382 e. The zero-order chi connectivity index (χ0) is 14.3. The Hall–Kier alpha value is -0.950. The summed E-state index contributed by atoms with van der Waals surface area (Å²) in [5.41, 5.74) is 5.83. The van der Waals surface area contributed by atoms with Crippen LogP contribution in [0, 0.1) is 0 Å². The van der Waals surface area contributed by atoms with Crippen LogP contribution in [-0.2, 0) is 0 Å². The van der Waals surface area contributed by atoms with Crippen molar-refractivity contribution in [1.82, 2.24) is 10.3 Å². The number of thioether (sulfide) groups is 1. The molecule has 3 N–H and O–H groups in total. The maximum atomic E-state index is 12.0. The van der Waals surface area contributed by atoms with E-state index in [4.69, 9.17) is 5.73 Å². The number of nitrogen functional groups attached to an aromatic ring is 1. The molecule has 0 fully saturated rings. The molecule has 1 aromatic heterocycles. The predicted octanol–water partition coefficient (Wildman–Crippen LogP) is 2.05. The van der Waals surface area contributed by atoms with Crippen LogP contribution in [0.4, 0.5) is 10.9 Å². The predicted molar refractivity (Wildman–Crippen MR) is 85.4 cm³/mol. The van der Waals surface area contributed by atoms with Gasteiger partial charge in [-0.2, -0.15) is 11.8 Å². The molecular formula is C12H22N4OS2. The molecule has 0 aromatic carbocycles. The van der Waals surface area contributed by atoms with E-state index in [1.54, 1.807) is 11.8 Å². The van der Waals surface area contributed by atoms with E-state index in [0.29, 0.717) is 17.2 Å². The van der Waals surface area contributed by atoms with Crippen LogP contribution in [-0.4, -0.2) is 42.5 Å². The molecule has 1 amide bonds. The van der Waals surface area contributed by atoms with Crippen LogP contribution >= 0.6 is 23.1 Å². The Balaban J connectivity index is 2.64. The number of carbonyl (C=O) groups excluding carboxylic acids is 1. The fourth-order valence-corrected chi connectivity index (χ4v) is 3.07. The first kappa shape index (κ1) is 16.1. The summed E-state index contributed by atoms with van der Waals surface area (Å²) in [5.74, 6) is 1.26. The molecule has 0 saturated heterocycles. The number of anilines is 2. The monoisotopic (exact) mass is 302 g/mol. The van der Waals surface area contributed by atoms with Gasteiger partial charge in [-0.15, -0.1) is 0 Å². The van der Waals surface area contributed by atoms with E-state index in [0.717, 1.165) is 30.4 Å². The average Bonchev–Trinajstić information content (AvgIpc) is 2.78. The van der Waals surface area contributed by atoms with E-state index < -0.39 is 0 Å². The first-order chi connectivity index (χ1) is 9.13. The van der Waals surface area contributed by atoms with Gasteiger partial charge in [0.15, 0.2) is 5.13 Å². The lowest BCUT2D eigenvalue weighted by Gasteiger charge is -2.16. The minimum Gasteiger partial charge on any atom is -0.382 e. The van der Waals surface area contributed by atoms with Crippen LogP contribution in [0.1, 0.15) is 29.9 Å². The van der Waals surface area contributed by atoms with Gasteiger partial charge in [-0.05, 0) is 32.3 Å². The number of thiazole rings is 1. The molecule has 0 aliphatic rings. The van der Waals surface area contributed by atoms with Crippen LogP contribution in [0.5, 0.6) is 0 Å². The standard InChI is InChI=1S/C12H22N4OS2/c1-4-16(5-2)12-15-10(13)9(19-12)11(17)14-7-6-8-18-3/h4-8,13H2,1-3H3,(H,14,17). The number of nitrogens with zero attached hydrogens (tertiary/aromatic N) is 2. The third-order valence-electron chi connectivity index (χ3n) is 2.69. The minimum absolute atomic E-state index is 0.116. The fraction of sp³-hybridized carbons (Fsp3) is 0.667. The number of hydrogen-bond donors (Lipinski definition) is 2. The van der Waals surface area contributed by atoms with Gasteiger partial charge in [0.1, 0.15) is 10.7 Å². The van der Waals surface area contributed by atoms with Crippen molar-refractivity contribution in [3.8, 4) is 0 Å². The lowest BCUT2D eigenvalue weighted by molar-refractivity contribution is 0.0958. The van der Waals surface area contributed by atoms with Crippen molar-refractivity contribution in [3.05, 3.63) is 4.88 Å². The number of carbonyl (C=O) groups is 1. The fourth-order valence-electron chi connectivity index (χ4n) is 1.61. The summed E-state index contributed by atoms with van der Waals surface area (Å²) in [6.45, 7) is 6.51. The summed E-state index contributed by atoms with van der Waals surface area (Å²) >= 11 is 3.14. The van der Waals surface area contributed by atoms with Crippen molar-refractivity contribution in [2.45, 2.75) is 20.3 Å². The Bertz CT molecular complexity index is 404. The molecule has 5 nitrogen and oxygen atoms in total. The molecule has 0 aliphatic heterocycles. The summed E-state index contributed by atoms with van der Waals surface area (Å²) < 4.78 is 0. The van der Waals surface area contributed by atoms with Gasteiger partial charge in [-0.3, -0.25) is 4.79 Å². The smallest absolute Gasteiger partial charge is 0.265 e. The molecular weight excluding hydrogens is 280 g/mol. The van der Waals surface area contributed by atoms with E-state index in [-0.39, 0.29) is 5.91 Å². The maximum Gasteiger partial charge on any atom is 0.265 e. The Morgan fingerprint density at radius 1 is 1.47 bits per heavy atom. The Labute approximate surface area is 123 Å². The number of nitrogens with one attached hydrogen (secondary N) is 1. The van der Waals surface area contributed by atoms with Crippen molar-refractivity contribution in [3.63, 3.8) is 0 Å². The number of hydrogen-bond acceptors (Lipinski definition) is 6. The molecule has 0 aliphatic carbocycles. The van der Waals surface area contributed by atoms with Crippen molar-refractivity contribution >= 4 is 40.0 Å². The normalized spacial score (nSPS) is 10.5. The number of aromatic nitrogens is 1. The van der Waals surface area contributed by atoms with Crippen LogP contribution in [0.25, 0.3) is 0 Å². The van der Waals surface area contributed by atoms with E-state index >= 15 is 0 Å². The highest BCUT2D eigenvalue weighted by molar-refractivity contribution is 7.98. The van der Waals surface area contributed by atoms with Crippen LogP contribution in [0.2, 0.25) is 0 Å². The Morgan fingerprint density at radius 2 is 2.16 bits per heavy atom. The van der Waals surface area contributed by atoms with Gasteiger partial charge in [0.2, 0.25) is 0 Å². The SMILES string of the molecule is CCN(CC)c1nc(N)c(C(=O)NCCCSC)s1. The third-order valence-corrected chi connectivity index (χ3v) is 4.52. The highest BCUT2D eigenvalue weighted by Gasteiger charge is 2.17. The van der Waals surface area contributed by atoms with E-state index in [2.05, 4.69) is 35.3 Å². The molecule has 1 heterocycles. The topological polar surface area (TPSA) is 71.2 Å². The molecule has 19 heavy (non-hydrogen) atoms. The van der Waals surface area contributed by atoms with Crippen molar-refractivity contribution < 1.29 is 4.79 Å². The summed E-state index contributed by atoms with van der Waals surface area (Å²) in [5, 5.41) is 3.70. The van der Waals surface area contributed by atoms with Gasteiger partial charge in [0, 0.05) is 19.6 Å². The first-order valence-corrected chi connectivity index (χ1v) is 8.63. The number of amides is 1. The minimum atomic E-state index is -0.116. The Kier molecular flexibility index (Phi) is 7.01. The molecule has 1 aromatic rings. The molecule has 0 unspecified atom stereocenters. The second-order valence-corrected chi connectivity index (χ2v) is 5.95. The molecule has 1 rings (SSSR count). The van der Waals surface area contributed by atoms with E-state index in [1.807, 2.05) is 0 Å². The number of rotatable bonds is 8. The molecule has 0 saturated carbocycles. The Morgan fingerprint density at radius 3 is 2.74 bits per heavy atom. The third kappa shape index (κ3) is 4.58. The molecule has 108 valence electrons. The quantitative estimate of drug-likeness (QED) is 0.719. The molecule has 0 spiro atoms. The molecule has 0 radical (unpaired) electrons. The number of nitrogens with two attached hydrogens (primary N) is 1. The van der Waals surface area contributed by atoms with Crippen molar-refractivity contribution in [1.29, 1.82) is 0 Å². The summed E-state index contributed by atoms with van der Waals surface area (Å²) in [6, 6.07) is 0. The maximum absolute atomic E-state index is 12.0. The molecule has 0 atom stereocenters. The van der Waals surface area contributed by atoms with Gasteiger partial charge in [0.05, 0.1) is 0 Å². The second-order valence-electron chi connectivity index (χ2n) is 3.99. The average molecular weight is 302 g/mol. The van der Waals surface area contributed by atoms with Crippen LogP contribution in [0.15, 0.2) is 0 Å². The van der Waals surface area contributed by atoms with Crippen LogP contribution in [0.3, 0.4) is 0 Å². The van der Waals surface area contributed by atoms with E-state index in [1.165, 1.54) is 11.3 Å². The molecule has 0 bridgehead atoms. The van der Waals surface area contributed by atoms with Gasteiger partial charge in [-0.25, -0.2) is 4.98 Å². The van der Waals surface area contributed by atoms with Gasteiger partial charge >= 0.3 is 0 Å².